The first-order valence-corrected chi connectivity index (χ1v) is 8.20. The number of amides is 1. The van der Waals surface area contributed by atoms with Gasteiger partial charge < -0.3 is 15.2 Å². The van der Waals surface area contributed by atoms with E-state index < -0.39 is 0 Å². The Labute approximate surface area is 130 Å². The molecule has 0 saturated heterocycles. The summed E-state index contributed by atoms with van der Waals surface area (Å²) in [6.45, 7) is 7.30. The van der Waals surface area contributed by atoms with Crippen molar-refractivity contribution in [1.82, 2.24) is 15.1 Å². The standard InChI is InChI=1S/C16H25N3O3/c1-4-19-15(16(21)17-8-11-6-12(20)7-11)13-5-9(2)22-10(3)14(13)18-19/h9-12,20H,4-8H2,1-3H3,(H,17,21)/t9-,10+,11?,12?/m0/s1. The molecular formula is C16H25N3O3. The van der Waals surface area contributed by atoms with Gasteiger partial charge in [-0.3, -0.25) is 9.48 Å². The lowest BCUT2D eigenvalue weighted by Crippen LogP contribution is -2.39. The first-order chi connectivity index (χ1) is 10.5. The highest BCUT2D eigenvalue weighted by molar-refractivity contribution is 5.94. The van der Waals surface area contributed by atoms with Crippen LogP contribution in [-0.2, 0) is 17.7 Å². The Balaban J connectivity index is 1.78. The number of rotatable bonds is 4. The minimum absolute atomic E-state index is 0.0571. The van der Waals surface area contributed by atoms with E-state index >= 15 is 0 Å². The van der Waals surface area contributed by atoms with Crippen molar-refractivity contribution in [3.05, 3.63) is 17.0 Å². The molecule has 22 heavy (non-hydrogen) atoms. The molecule has 6 heteroatoms. The molecule has 122 valence electrons. The topological polar surface area (TPSA) is 76.4 Å². The molecule has 0 spiro atoms. The zero-order chi connectivity index (χ0) is 15.9. The van der Waals surface area contributed by atoms with E-state index in [0.29, 0.717) is 24.7 Å². The van der Waals surface area contributed by atoms with Gasteiger partial charge in [-0.2, -0.15) is 5.10 Å². The van der Waals surface area contributed by atoms with E-state index in [0.717, 1.165) is 30.5 Å². The van der Waals surface area contributed by atoms with Crippen LogP contribution in [0.15, 0.2) is 0 Å². The van der Waals surface area contributed by atoms with Crippen LogP contribution in [0.5, 0.6) is 0 Å². The van der Waals surface area contributed by atoms with Crippen LogP contribution in [-0.4, -0.2) is 39.5 Å². The maximum Gasteiger partial charge on any atom is 0.269 e. The Bertz CT molecular complexity index is 563. The predicted molar refractivity (Wildman–Crippen MR) is 81.6 cm³/mol. The molecule has 1 aromatic rings. The average molecular weight is 307 g/mol. The zero-order valence-corrected chi connectivity index (χ0v) is 13.5. The molecule has 2 heterocycles. The van der Waals surface area contributed by atoms with Crippen molar-refractivity contribution in [1.29, 1.82) is 0 Å². The third-order valence-corrected chi connectivity index (χ3v) is 4.67. The Hall–Kier alpha value is -1.40. The van der Waals surface area contributed by atoms with Crippen LogP contribution in [0, 0.1) is 5.92 Å². The van der Waals surface area contributed by atoms with Gasteiger partial charge in [-0.05, 0) is 39.5 Å². The smallest absolute Gasteiger partial charge is 0.269 e. The van der Waals surface area contributed by atoms with E-state index in [1.807, 2.05) is 20.8 Å². The average Bonchev–Trinajstić information content (AvgIpc) is 2.80. The molecule has 6 nitrogen and oxygen atoms in total. The van der Waals surface area contributed by atoms with Crippen molar-refractivity contribution < 1.29 is 14.6 Å². The van der Waals surface area contributed by atoms with Crippen molar-refractivity contribution >= 4 is 5.91 Å². The minimum Gasteiger partial charge on any atom is -0.393 e. The third kappa shape index (κ3) is 2.77. The van der Waals surface area contributed by atoms with Crippen LogP contribution in [0.25, 0.3) is 0 Å². The number of hydrogen-bond donors (Lipinski definition) is 2. The summed E-state index contributed by atoms with van der Waals surface area (Å²) in [5.74, 6) is 0.340. The predicted octanol–water partition coefficient (Wildman–Crippen LogP) is 1.43. The van der Waals surface area contributed by atoms with Crippen LogP contribution >= 0.6 is 0 Å². The van der Waals surface area contributed by atoms with Gasteiger partial charge in [0.15, 0.2) is 0 Å². The number of aryl methyl sites for hydroxylation is 1. The molecule has 0 bridgehead atoms. The van der Waals surface area contributed by atoms with E-state index in [1.54, 1.807) is 4.68 Å². The summed E-state index contributed by atoms with van der Waals surface area (Å²) in [5, 5.41) is 16.9. The van der Waals surface area contributed by atoms with Crippen LogP contribution in [0.3, 0.4) is 0 Å². The quantitative estimate of drug-likeness (QED) is 0.882. The van der Waals surface area contributed by atoms with E-state index in [1.165, 1.54) is 0 Å². The number of carbonyl (C=O) groups excluding carboxylic acids is 1. The van der Waals surface area contributed by atoms with Gasteiger partial charge in [0.1, 0.15) is 5.69 Å². The molecule has 2 atom stereocenters. The SMILES string of the molecule is CCn1nc2c(c1C(=O)NCC1CC(O)C1)C[C@H](C)O[C@@H]2C. The van der Waals surface area contributed by atoms with Crippen LogP contribution in [0.4, 0.5) is 0 Å². The second-order valence-corrected chi connectivity index (χ2v) is 6.52. The lowest BCUT2D eigenvalue weighted by molar-refractivity contribution is -0.00713. The highest BCUT2D eigenvalue weighted by Crippen LogP contribution is 2.31. The van der Waals surface area contributed by atoms with E-state index in [4.69, 9.17) is 4.74 Å². The Kier molecular flexibility index (Phi) is 4.23. The summed E-state index contributed by atoms with van der Waals surface area (Å²) in [5.41, 5.74) is 2.60. The molecule has 1 fully saturated rings. The summed E-state index contributed by atoms with van der Waals surface area (Å²) < 4.78 is 7.59. The highest BCUT2D eigenvalue weighted by atomic mass is 16.5. The van der Waals surface area contributed by atoms with Gasteiger partial charge in [-0.1, -0.05) is 0 Å². The van der Waals surface area contributed by atoms with Crippen molar-refractivity contribution in [2.45, 2.75) is 64.9 Å². The number of aliphatic hydroxyl groups excluding tert-OH is 1. The van der Waals surface area contributed by atoms with Gasteiger partial charge in [0.2, 0.25) is 0 Å². The summed E-state index contributed by atoms with van der Waals surface area (Å²) in [6.07, 6.45) is 2.14. The van der Waals surface area contributed by atoms with Gasteiger partial charge in [0.25, 0.3) is 5.91 Å². The molecule has 0 unspecified atom stereocenters. The summed E-state index contributed by atoms with van der Waals surface area (Å²) in [6, 6.07) is 0. The van der Waals surface area contributed by atoms with Gasteiger partial charge in [-0.25, -0.2) is 0 Å². The molecule has 2 aliphatic rings. The van der Waals surface area contributed by atoms with Gasteiger partial charge in [-0.15, -0.1) is 0 Å². The van der Waals surface area contributed by atoms with Crippen molar-refractivity contribution in [3.63, 3.8) is 0 Å². The normalized spacial score (nSPS) is 30.5. The van der Waals surface area contributed by atoms with Crippen molar-refractivity contribution in [2.75, 3.05) is 6.54 Å². The van der Waals surface area contributed by atoms with E-state index in [-0.39, 0.29) is 24.2 Å². The molecule has 3 rings (SSSR count). The molecule has 1 aliphatic heterocycles. The maximum atomic E-state index is 12.6. The molecule has 1 aliphatic carbocycles. The molecule has 1 amide bonds. The molecule has 0 aromatic carbocycles. The number of nitrogens with one attached hydrogen (secondary N) is 1. The van der Waals surface area contributed by atoms with E-state index in [2.05, 4.69) is 10.4 Å². The summed E-state index contributed by atoms with van der Waals surface area (Å²) in [4.78, 5) is 12.6. The fourth-order valence-corrected chi connectivity index (χ4v) is 3.46. The van der Waals surface area contributed by atoms with Gasteiger partial charge in [0.05, 0.1) is 24.0 Å². The number of carbonyl (C=O) groups is 1. The summed E-state index contributed by atoms with van der Waals surface area (Å²) in [7, 11) is 0. The number of ether oxygens (including phenoxy) is 1. The fourth-order valence-electron chi connectivity index (χ4n) is 3.46. The van der Waals surface area contributed by atoms with Crippen molar-refractivity contribution in [2.24, 2.45) is 5.92 Å². The van der Waals surface area contributed by atoms with Crippen LogP contribution in [0.1, 0.15) is 61.5 Å². The second kappa shape index (κ2) is 6.01. The van der Waals surface area contributed by atoms with Crippen LogP contribution < -0.4 is 5.32 Å². The minimum atomic E-state index is -0.185. The first-order valence-electron chi connectivity index (χ1n) is 8.20. The third-order valence-electron chi connectivity index (χ3n) is 4.67. The fraction of sp³-hybridized carbons (Fsp3) is 0.750. The summed E-state index contributed by atoms with van der Waals surface area (Å²) >= 11 is 0. The number of aromatic nitrogens is 2. The monoisotopic (exact) mass is 307 g/mol. The number of fused-ring (bicyclic) bond motifs is 1. The highest BCUT2D eigenvalue weighted by Gasteiger charge is 2.33. The molecule has 1 saturated carbocycles. The zero-order valence-electron chi connectivity index (χ0n) is 13.5. The number of hydrogen-bond acceptors (Lipinski definition) is 4. The van der Waals surface area contributed by atoms with Gasteiger partial charge in [0, 0.05) is 25.1 Å². The lowest BCUT2D eigenvalue weighted by atomic mass is 9.82. The maximum absolute atomic E-state index is 12.6. The van der Waals surface area contributed by atoms with Crippen LogP contribution in [0.2, 0.25) is 0 Å². The number of nitrogens with zero attached hydrogens (tertiary/aromatic N) is 2. The second-order valence-electron chi connectivity index (χ2n) is 6.52. The molecule has 1 aromatic heterocycles. The van der Waals surface area contributed by atoms with Gasteiger partial charge >= 0.3 is 0 Å². The largest absolute Gasteiger partial charge is 0.393 e. The van der Waals surface area contributed by atoms with E-state index in [9.17, 15) is 9.90 Å². The Morgan fingerprint density at radius 2 is 2.18 bits per heavy atom. The lowest BCUT2D eigenvalue weighted by Gasteiger charge is -2.31. The Morgan fingerprint density at radius 1 is 1.45 bits per heavy atom. The Morgan fingerprint density at radius 3 is 2.82 bits per heavy atom. The molecule has 0 radical (unpaired) electrons. The number of aliphatic hydroxyl groups is 1. The van der Waals surface area contributed by atoms with Crippen molar-refractivity contribution in [3.8, 4) is 0 Å². The molecular weight excluding hydrogens is 282 g/mol. The molecule has 2 N–H and O–H groups in total. The first kappa shape index (κ1) is 15.5.